The zero-order chi connectivity index (χ0) is 22.3. The van der Waals surface area contributed by atoms with Gasteiger partial charge in [-0.1, -0.05) is 12.1 Å². The number of rotatable bonds is 3. The van der Waals surface area contributed by atoms with E-state index in [2.05, 4.69) is 11.1 Å². The van der Waals surface area contributed by atoms with Crippen LogP contribution in [0.1, 0.15) is 40.6 Å². The number of halogens is 3. The Kier molecular flexibility index (Phi) is 5.35. The van der Waals surface area contributed by atoms with E-state index in [4.69, 9.17) is 9.84 Å². The molecule has 0 amide bonds. The lowest BCUT2D eigenvalue weighted by molar-refractivity contribution is -0.138. The maximum Gasteiger partial charge on any atom is 0.416 e. The number of imidazole rings is 1. The monoisotopic (exact) mass is 429 g/mol. The van der Waals surface area contributed by atoms with Gasteiger partial charge in [0.2, 0.25) is 0 Å². The Labute approximate surface area is 177 Å². The van der Waals surface area contributed by atoms with Gasteiger partial charge in [0.25, 0.3) is 0 Å². The first-order chi connectivity index (χ1) is 14.7. The number of fused-ring (bicyclic) bond motifs is 1. The van der Waals surface area contributed by atoms with Gasteiger partial charge in [-0.25, -0.2) is 9.50 Å². The van der Waals surface area contributed by atoms with Crippen molar-refractivity contribution in [3.05, 3.63) is 57.9 Å². The van der Waals surface area contributed by atoms with Gasteiger partial charge in [0.15, 0.2) is 11.5 Å². The number of anilines is 1. The van der Waals surface area contributed by atoms with Gasteiger partial charge >= 0.3 is 6.18 Å². The van der Waals surface area contributed by atoms with Gasteiger partial charge in [0, 0.05) is 25.6 Å². The SMILES string of the molecule is Cc1nc2c(C#N)cc(N3CCOC(C)C3)nn2c1Cc1cccc(C(F)(F)F)c1C. The molecule has 1 aliphatic rings. The molecular formula is C22H22F3N5O. The molecule has 1 atom stereocenters. The Morgan fingerprint density at radius 1 is 1.29 bits per heavy atom. The molecule has 1 aliphatic heterocycles. The number of ether oxygens (including phenoxy) is 1. The van der Waals surface area contributed by atoms with Crippen LogP contribution in [0.15, 0.2) is 24.3 Å². The van der Waals surface area contributed by atoms with Crippen LogP contribution in [0.5, 0.6) is 0 Å². The van der Waals surface area contributed by atoms with Crippen molar-refractivity contribution in [2.24, 2.45) is 0 Å². The van der Waals surface area contributed by atoms with Gasteiger partial charge in [-0.3, -0.25) is 0 Å². The molecule has 0 bridgehead atoms. The molecule has 3 aromatic rings. The normalized spacial score (nSPS) is 17.2. The van der Waals surface area contributed by atoms with Crippen molar-refractivity contribution in [3.8, 4) is 6.07 Å². The van der Waals surface area contributed by atoms with E-state index in [-0.39, 0.29) is 18.1 Å². The van der Waals surface area contributed by atoms with Gasteiger partial charge < -0.3 is 9.64 Å². The van der Waals surface area contributed by atoms with Crippen LogP contribution in [0, 0.1) is 25.2 Å². The van der Waals surface area contributed by atoms with E-state index in [1.54, 1.807) is 23.6 Å². The van der Waals surface area contributed by atoms with Crippen molar-refractivity contribution < 1.29 is 17.9 Å². The number of aromatic nitrogens is 3. The third kappa shape index (κ3) is 3.95. The van der Waals surface area contributed by atoms with Gasteiger partial charge in [0.1, 0.15) is 11.6 Å². The Bertz CT molecular complexity index is 1180. The minimum Gasteiger partial charge on any atom is -0.375 e. The molecule has 4 rings (SSSR count). The highest BCUT2D eigenvalue weighted by Crippen LogP contribution is 2.34. The van der Waals surface area contributed by atoms with E-state index in [0.717, 1.165) is 6.07 Å². The summed E-state index contributed by atoms with van der Waals surface area (Å²) in [6.45, 7) is 7.07. The van der Waals surface area contributed by atoms with Crippen molar-refractivity contribution in [2.45, 2.75) is 39.5 Å². The molecule has 2 aromatic heterocycles. The summed E-state index contributed by atoms with van der Waals surface area (Å²) in [5.74, 6) is 0.624. The summed E-state index contributed by atoms with van der Waals surface area (Å²) in [4.78, 5) is 6.54. The van der Waals surface area contributed by atoms with E-state index >= 15 is 0 Å². The summed E-state index contributed by atoms with van der Waals surface area (Å²) >= 11 is 0. The lowest BCUT2D eigenvalue weighted by atomic mass is 9.98. The summed E-state index contributed by atoms with van der Waals surface area (Å²) in [5, 5.41) is 14.4. The minimum atomic E-state index is -4.42. The lowest BCUT2D eigenvalue weighted by Gasteiger charge is -2.32. The molecule has 1 fully saturated rings. The summed E-state index contributed by atoms with van der Waals surface area (Å²) in [6, 6.07) is 8.07. The Morgan fingerprint density at radius 3 is 2.74 bits per heavy atom. The highest BCUT2D eigenvalue weighted by molar-refractivity contribution is 5.61. The van der Waals surface area contributed by atoms with E-state index < -0.39 is 11.7 Å². The quantitative estimate of drug-likeness (QED) is 0.628. The maximum absolute atomic E-state index is 13.3. The number of hydrogen-bond donors (Lipinski definition) is 0. The fourth-order valence-corrected chi connectivity index (χ4v) is 3.99. The highest BCUT2D eigenvalue weighted by atomic mass is 19.4. The van der Waals surface area contributed by atoms with Crippen molar-refractivity contribution in [2.75, 3.05) is 24.6 Å². The van der Waals surface area contributed by atoms with Crippen LogP contribution in [-0.2, 0) is 17.3 Å². The number of alkyl halides is 3. The van der Waals surface area contributed by atoms with Crippen LogP contribution in [0.2, 0.25) is 0 Å². The van der Waals surface area contributed by atoms with Gasteiger partial charge in [-0.2, -0.15) is 18.4 Å². The van der Waals surface area contributed by atoms with E-state index in [1.807, 2.05) is 11.8 Å². The fourth-order valence-electron chi connectivity index (χ4n) is 3.99. The second kappa shape index (κ2) is 7.85. The molecule has 0 N–H and O–H groups in total. The molecule has 0 aliphatic carbocycles. The van der Waals surface area contributed by atoms with Crippen LogP contribution in [-0.4, -0.2) is 40.4 Å². The van der Waals surface area contributed by atoms with E-state index in [9.17, 15) is 18.4 Å². The van der Waals surface area contributed by atoms with Crippen molar-refractivity contribution in [1.82, 2.24) is 14.6 Å². The smallest absolute Gasteiger partial charge is 0.375 e. The Morgan fingerprint density at radius 2 is 2.06 bits per heavy atom. The zero-order valence-corrected chi connectivity index (χ0v) is 17.5. The molecule has 1 aromatic carbocycles. The molecular weight excluding hydrogens is 407 g/mol. The number of aryl methyl sites for hydroxylation is 1. The number of nitrogens with zero attached hydrogens (tertiary/aromatic N) is 5. The molecule has 1 unspecified atom stereocenters. The summed E-state index contributed by atoms with van der Waals surface area (Å²) < 4.78 is 47.2. The molecule has 162 valence electrons. The molecule has 31 heavy (non-hydrogen) atoms. The van der Waals surface area contributed by atoms with Gasteiger partial charge in [-0.05, 0) is 38.0 Å². The average Bonchev–Trinajstić information content (AvgIpc) is 3.03. The van der Waals surface area contributed by atoms with E-state index in [0.29, 0.717) is 53.7 Å². The molecule has 0 spiro atoms. The van der Waals surface area contributed by atoms with Crippen molar-refractivity contribution >= 4 is 11.5 Å². The standard InChI is InChI=1S/C22H22F3N5O/c1-13-12-29(7-8-31-13)20-10-17(11-26)21-27-15(3)19(30(21)28-20)9-16-5-4-6-18(14(16)2)22(23,24)25/h4-6,10,13H,7-9,12H2,1-3H3. The first kappa shape index (κ1) is 21.1. The average molecular weight is 429 g/mol. The lowest BCUT2D eigenvalue weighted by Crippen LogP contribution is -2.41. The molecule has 6 nitrogen and oxygen atoms in total. The van der Waals surface area contributed by atoms with Gasteiger partial charge in [-0.15, -0.1) is 5.10 Å². The van der Waals surface area contributed by atoms with Crippen LogP contribution < -0.4 is 4.90 Å². The highest BCUT2D eigenvalue weighted by Gasteiger charge is 2.33. The fraction of sp³-hybridized carbons (Fsp3) is 0.409. The minimum absolute atomic E-state index is 0.0357. The first-order valence-corrected chi connectivity index (χ1v) is 10.0. The van der Waals surface area contributed by atoms with Crippen LogP contribution >= 0.6 is 0 Å². The van der Waals surface area contributed by atoms with Crippen LogP contribution in [0.25, 0.3) is 5.65 Å². The molecule has 1 saturated heterocycles. The Hall–Kier alpha value is -3.12. The van der Waals surface area contributed by atoms with Crippen molar-refractivity contribution in [3.63, 3.8) is 0 Å². The second-order valence-corrected chi connectivity index (χ2v) is 7.80. The van der Waals surface area contributed by atoms with Crippen LogP contribution in [0.3, 0.4) is 0 Å². The van der Waals surface area contributed by atoms with E-state index in [1.165, 1.54) is 13.0 Å². The summed E-state index contributed by atoms with van der Waals surface area (Å²) in [6.07, 6.45) is -4.15. The zero-order valence-electron chi connectivity index (χ0n) is 17.5. The van der Waals surface area contributed by atoms with Crippen molar-refractivity contribution in [1.29, 1.82) is 5.26 Å². The predicted octanol–water partition coefficient (Wildman–Crippen LogP) is 4.05. The summed E-state index contributed by atoms with van der Waals surface area (Å²) in [7, 11) is 0. The maximum atomic E-state index is 13.3. The largest absolute Gasteiger partial charge is 0.416 e. The van der Waals surface area contributed by atoms with Crippen LogP contribution in [0.4, 0.5) is 19.0 Å². The molecule has 9 heteroatoms. The summed E-state index contributed by atoms with van der Waals surface area (Å²) in [5.41, 5.74) is 2.16. The third-order valence-electron chi connectivity index (χ3n) is 5.66. The number of nitriles is 1. The third-order valence-corrected chi connectivity index (χ3v) is 5.66. The predicted molar refractivity (Wildman–Crippen MR) is 109 cm³/mol. The Balaban J connectivity index is 1.81. The number of morpholine rings is 1. The topological polar surface area (TPSA) is 66.5 Å². The molecule has 0 saturated carbocycles. The number of benzene rings is 1. The van der Waals surface area contributed by atoms with Gasteiger partial charge in [0.05, 0.1) is 29.7 Å². The first-order valence-electron chi connectivity index (χ1n) is 10.0. The second-order valence-electron chi connectivity index (χ2n) is 7.80. The molecule has 0 radical (unpaired) electrons. The number of hydrogen-bond acceptors (Lipinski definition) is 5. The molecule has 3 heterocycles.